The van der Waals surface area contributed by atoms with Gasteiger partial charge in [0.25, 0.3) is 5.91 Å². The molecule has 4 aromatic rings. The van der Waals surface area contributed by atoms with E-state index >= 15 is 0 Å². The van der Waals surface area contributed by atoms with Crippen molar-refractivity contribution in [1.29, 1.82) is 0 Å². The Kier molecular flexibility index (Phi) is 8.74. The van der Waals surface area contributed by atoms with Crippen molar-refractivity contribution in [3.8, 4) is 11.3 Å². The lowest BCUT2D eigenvalue weighted by atomic mass is 9.94. The van der Waals surface area contributed by atoms with Crippen LogP contribution in [0.3, 0.4) is 0 Å². The van der Waals surface area contributed by atoms with Crippen LogP contribution in [0.2, 0.25) is 0 Å². The lowest BCUT2D eigenvalue weighted by Crippen LogP contribution is -2.28. The summed E-state index contributed by atoms with van der Waals surface area (Å²) >= 11 is 0. The Hall–Kier alpha value is -3.90. The van der Waals surface area contributed by atoms with E-state index in [1.54, 1.807) is 18.6 Å². The van der Waals surface area contributed by atoms with Gasteiger partial charge in [0.2, 0.25) is 0 Å². The molecule has 1 fully saturated rings. The molecule has 1 saturated heterocycles. The van der Waals surface area contributed by atoms with Crippen LogP contribution < -0.4 is 5.32 Å². The van der Waals surface area contributed by atoms with Crippen molar-refractivity contribution in [1.82, 2.24) is 19.9 Å². The van der Waals surface area contributed by atoms with Gasteiger partial charge >= 0.3 is 0 Å². The summed E-state index contributed by atoms with van der Waals surface area (Å²) in [5.74, 6) is 1.16. The number of benzene rings is 2. The Morgan fingerprint density at radius 3 is 2.72 bits per heavy atom. The second kappa shape index (κ2) is 12.8. The molecule has 200 valence electrons. The molecule has 1 aliphatic heterocycles. The Morgan fingerprint density at radius 1 is 1.05 bits per heavy atom. The molecule has 6 nitrogen and oxygen atoms in total. The van der Waals surface area contributed by atoms with Gasteiger partial charge in [0, 0.05) is 48.4 Å². The fourth-order valence-electron chi connectivity index (χ4n) is 5.39. The molecule has 3 heterocycles. The second-order valence-corrected chi connectivity index (χ2v) is 10.5. The van der Waals surface area contributed by atoms with Crippen molar-refractivity contribution in [2.75, 3.05) is 25.0 Å². The molecule has 6 heteroatoms. The Morgan fingerprint density at radius 2 is 1.92 bits per heavy atom. The molecule has 0 spiro atoms. The molecular formula is C33H37N5O. The minimum absolute atomic E-state index is 0.113. The molecule has 0 saturated carbocycles. The van der Waals surface area contributed by atoms with E-state index in [2.05, 4.69) is 46.2 Å². The first-order valence-corrected chi connectivity index (χ1v) is 14.0. The summed E-state index contributed by atoms with van der Waals surface area (Å²) in [7, 11) is 0. The number of nitrogens with zero attached hydrogens (tertiary/aromatic N) is 4. The third-order valence-electron chi connectivity index (χ3n) is 7.56. The molecule has 1 amide bonds. The largest absolute Gasteiger partial charge is 0.322 e. The van der Waals surface area contributed by atoms with Crippen LogP contribution in [0.4, 0.5) is 5.69 Å². The molecule has 2 aromatic heterocycles. The number of rotatable bonds is 8. The first-order valence-electron chi connectivity index (χ1n) is 14.0. The SMILES string of the molecule is CCCN1CCCCC(c2ccc(NC(=O)c3ccc(C)c(Cc4nccc(-c5cccnc5)n4)c3)cc2)C1. The van der Waals surface area contributed by atoms with Crippen molar-refractivity contribution < 1.29 is 4.79 Å². The number of carbonyl (C=O) groups is 1. The maximum atomic E-state index is 13.2. The zero-order chi connectivity index (χ0) is 27.0. The fraction of sp³-hybridized carbons (Fsp3) is 0.333. The van der Waals surface area contributed by atoms with E-state index in [4.69, 9.17) is 4.98 Å². The van der Waals surface area contributed by atoms with Crippen molar-refractivity contribution in [3.63, 3.8) is 0 Å². The second-order valence-electron chi connectivity index (χ2n) is 10.5. The zero-order valence-electron chi connectivity index (χ0n) is 22.9. The van der Waals surface area contributed by atoms with Crippen LogP contribution in [0.25, 0.3) is 11.3 Å². The number of hydrogen-bond donors (Lipinski definition) is 1. The highest BCUT2D eigenvalue weighted by Gasteiger charge is 2.19. The number of likely N-dealkylation sites (tertiary alicyclic amines) is 1. The number of hydrogen-bond acceptors (Lipinski definition) is 5. The topological polar surface area (TPSA) is 71.0 Å². The van der Waals surface area contributed by atoms with Gasteiger partial charge in [-0.3, -0.25) is 9.78 Å². The van der Waals surface area contributed by atoms with Crippen molar-refractivity contribution in [3.05, 3.63) is 107 Å². The van der Waals surface area contributed by atoms with Crippen LogP contribution >= 0.6 is 0 Å². The van der Waals surface area contributed by atoms with Gasteiger partial charge in [-0.05, 0) is 104 Å². The van der Waals surface area contributed by atoms with Crippen molar-refractivity contribution in [2.45, 2.75) is 51.9 Å². The normalized spacial score (nSPS) is 16.0. The summed E-state index contributed by atoms with van der Waals surface area (Å²) in [5, 5.41) is 3.08. The van der Waals surface area contributed by atoms with Crippen molar-refractivity contribution >= 4 is 11.6 Å². The molecule has 39 heavy (non-hydrogen) atoms. The van der Waals surface area contributed by atoms with E-state index in [0.717, 1.165) is 34.6 Å². The number of carbonyl (C=O) groups excluding carboxylic acids is 1. The summed E-state index contributed by atoms with van der Waals surface area (Å²) in [5.41, 5.74) is 6.74. The van der Waals surface area contributed by atoms with Crippen LogP contribution in [0.5, 0.6) is 0 Å². The summed E-state index contributed by atoms with van der Waals surface area (Å²) in [6.45, 7) is 7.81. The highest BCUT2D eigenvalue weighted by Crippen LogP contribution is 2.28. The van der Waals surface area contributed by atoms with E-state index in [1.165, 1.54) is 44.3 Å². The monoisotopic (exact) mass is 519 g/mol. The van der Waals surface area contributed by atoms with E-state index in [1.807, 2.05) is 48.5 Å². The molecule has 0 aliphatic carbocycles. The van der Waals surface area contributed by atoms with Crippen LogP contribution in [0, 0.1) is 6.92 Å². The van der Waals surface area contributed by atoms with Gasteiger partial charge in [-0.25, -0.2) is 9.97 Å². The van der Waals surface area contributed by atoms with Gasteiger partial charge < -0.3 is 10.2 Å². The summed E-state index contributed by atoms with van der Waals surface area (Å²) in [4.78, 5) is 29.2. The lowest BCUT2D eigenvalue weighted by molar-refractivity contribution is 0.102. The average molecular weight is 520 g/mol. The lowest BCUT2D eigenvalue weighted by Gasteiger charge is -2.24. The molecule has 1 N–H and O–H groups in total. The van der Waals surface area contributed by atoms with Gasteiger partial charge in [-0.15, -0.1) is 0 Å². The average Bonchev–Trinajstić information content (AvgIpc) is 3.21. The van der Waals surface area contributed by atoms with Gasteiger partial charge in [0.05, 0.1) is 5.69 Å². The van der Waals surface area contributed by atoms with Gasteiger partial charge in [-0.2, -0.15) is 0 Å². The van der Waals surface area contributed by atoms with Gasteiger partial charge in [-0.1, -0.05) is 31.5 Å². The predicted molar refractivity (Wildman–Crippen MR) is 157 cm³/mol. The fourth-order valence-corrected chi connectivity index (χ4v) is 5.39. The minimum atomic E-state index is -0.113. The maximum absolute atomic E-state index is 13.2. The standard InChI is InChI=1S/C33H37N5O/c1-3-18-38-19-5-4-7-28(23-38)25-11-13-30(14-12-25)36-33(39)26-10-9-24(2)29(20-26)21-32-35-17-15-31(37-32)27-8-6-16-34-22-27/h6,8-17,20,22,28H,3-5,7,18-19,21,23H2,1-2H3,(H,36,39). The highest BCUT2D eigenvalue weighted by molar-refractivity contribution is 6.04. The molecule has 1 aliphatic rings. The zero-order valence-corrected chi connectivity index (χ0v) is 22.9. The van der Waals surface area contributed by atoms with E-state index in [0.29, 0.717) is 23.7 Å². The van der Waals surface area contributed by atoms with Crippen LogP contribution in [0.15, 0.2) is 79.3 Å². The molecule has 0 radical (unpaired) electrons. The van der Waals surface area contributed by atoms with E-state index in [-0.39, 0.29) is 5.91 Å². The molecule has 5 rings (SSSR count). The Bertz CT molecular complexity index is 1390. The quantitative estimate of drug-likeness (QED) is 0.282. The third kappa shape index (κ3) is 6.95. The smallest absolute Gasteiger partial charge is 0.255 e. The Balaban J connectivity index is 1.26. The van der Waals surface area contributed by atoms with Crippen LogP contribution in [-0.4, -0.2) is 45.4 Å². The molecule has 0 bridgehead atoms. The predicted octanol–water partition coefficient (Wildman–Crippen LogP) is 6.67. The van der Waals surface area contributed by atoms with Crippen LogP contribution in [0.1, 0.15) is 71.4 Å². The number of pyridine rings is 1. The minimum Gasteiger partial charge on any atom is -0.322 e. The molecule has 1 unspecified atom stereocenters. The summed E-state index contributed by atoms with van der Waals surface area (Å²) in [6.07, 6.45) is 10.9. The van der Waals surface area contributed by atoms with E-state index in [9.17, 15) is 4.79 Å². The number of aryl methyl sites for hydroxylation is 1. The number of aromatic nitrogens is 3. The first-order chi connectivity index (χ1) is 19.1. The third-order valence-corrected chi connectivity index (χ3v) is 7.56. The number of anilines is 1. The first kappa shape index (κ1) is 26.7. The van der Waals surface area contributed by atoms with Crippen molar-refractivity contribution in [2.24, 2.45) is 0 Å². The maximum Gasteiger partial charge on any atom is 0.255 e. The highest BCUT2D eigenvalue weighted by atomic mass is 16.1. The molecule has 2 aromatic carbocycles. The molecular weight excluding hydrogens is 482 g/mol. The summed E-state index contributed by atoms with van der Waals surface area (Å²) < 4.78 is 0. The Labute approximate surface area is 231 Å². The van der Waals surface area contributed by atoms with E-state index < -0.39 is 0 Å². The van der Waals surface area contributed by atoms with Gasteiger partial charge in [0.15, 0.2) is 0 Å². The molecule has 1 atom stereocenters. The summed E-state index contributed by atoms with van der Waals surface area (Å²) in [6, 6.07) is 20.0. The number of amides is 1. The number of nitrogens with one attached hydrogen (secondary N) is 1. The van der Waals surface area contributed by atoms with Gasteiger partial charge in [0.1, 0.15) is 5.82 Å². The van der Waals surface area contributed by atoms with Crippen LogP contribution in [-0.2, 0) is 6.42 Å².